The Morgan fingerprint density at radius 2 is 1.14 bits per heavy atom. The summed E-state index contributed by atoms with van der Waals surface area (Å²) in [4.78, 5) is 0.350. The summed E-state index contributed by atoms with van der Waals surface area (Å²) in [7, 11) is -3.62. The Kier molecular flexibility index (Phi) is 15.2. The van der Waals surface area contributed by atoms with Crippen molar-refractivity contribution in [3.8, 4) is 0 Å². The van der Waals surface area contributed by atoms with Crippen molar-refractivity contribution >= 4 is 10.1 Å². The Balaban J connectivity index is 2.10. The summed E-state index contributed by atoms with van der Waals surface area (Å²) < 4.78 is 29.8. The standard InChI is InChI=1S/C25H44O3S/c1-3-5-6-7-8-9-10-11-12-13-14-15-16-17-20-24-21-18-19-22-25(24)29(26,27)28-23-4-2/h18-19,21-22H,3-17,20,23H2,1-2H3. The van der Waals surface area contributed by atoms with Gasteiger partial charge in [0.05, 0.1) is 11.5 Å². The minimum Gasteiger partial charge on any atom is -0.266 e. The highest BCUT2D eigenvalue weighted by Crippen LogP contribution is 2.21. The van der Waals surface area contributed by atoms with Crippen LogP contribution in [0.1, 0.15) is 116 Å². The summed E-state index contributed by atoms with van der Waals surface area (Å²) in [5.41, 5.74) is 0.891. The predicted molar refractivity (Wildman–Crippen MR) is 124 cm³/mol. The summed E-state index contributed by atoms with van der Waals surface area (Å²) in [6, 6.07) is 7.28. The minimum absolute atomic E-state index is 0.246. The first kappa shape index (κ1) is 26.2. The zero-order valence-corrected chi connectivity index (χ0v) is 19.8. The van der Waals surface area contributed by atoms with Gasteiger partial charge in [-0.1, -0.05) is 116 Å². The van der Waals surface area contributed by atoms with E-state index in [0.29, 0.717) is 11.3 Å². The first-order valence-electron chi connectivity index (χ1n) is 12.1. The topological polar surface area (TPSA) is 43.4 Å². The lowest BCUT2D eigenvalue weighted by molar-refractivity contribution is 0.317. The van der Waals surface area contributed by atoms with Gasteiger partial charge >= 0.3 is 0 Å². The lowest BCUT2D eigenvalue weighted by Crippen LogP contribution is -2.10. The molecule has 0 saturated carbocycles. The molecule has 0 saturated heterocycles. The molecule has 0 spiro atoms. The van der Waals surface area contributed by atoms with Crippen molar-refractivity contribution in [2.75, 3.05) is 6.61 Å². The van der Waals surface area contributed by atoms with Crippen LogP contribution in [-0.2, 0) is 20.7 Å². The number of benzene rings is 1. The third-order valence-electron chi connectivity index (χ3n) is 5.48. The van der Waals surface area contributed by atoms with Crippen molar-refractivity contribution in [2.45, 2.75) is 121 Å². The maximum Gasteiger partial charge on any atom is 0.297 e. The highest BCUT2D eigenvalue weighted by atomic mass is 32.2. The van der Waals surface area contributed by atoms with Crippen molar-refractivity contribution in [3.63, 3.8) is 0 Å². The van der Waals surface area contributed by atoms with Crippen molar-refractivity contribution in [1.82, 2.24) is 0 Å². The second-order valence-corrected chi connectivity index (χ2v) is 9.81. The number of unbranched alkanes of at least 4 members (excludes halogenated alkanes) is 13. The van der Waals surface area contributed by atoms with Crippen molar-refractivity contribution in [1.29, 1.82) is 0 Å². The highest BCUT2D eigenvalue weighted by molar-refractivity contribution is 7.86. The summed E-state index contributed by atoms with van der Waals surface area (Å²) in [6.45, 7) is 4.43. The van der Waals surface area contributed by atoms with Gasteiger partial charge in [-0.05, 0) is 30.9 Å². The molecule has 1 aromatic rings. The fourth-order valence-corrected chi connectivity index (χ4v) is 4.97. The number of hydrogen-bond acceptors (Lipinski definition) is 3. The van der Waals surface area contributed by atoms with E-state index >= 15 is 0 Å². The molecule has 1 rings (SSSR count). The smallest absolute Gasteiger partial charge is 0.266 e. The van der Waals surface area contributed by atoms with Crippen molar-refractivity contribution < 1.29 is 12.6 Å². The Bertz CT molecular complexity index is 610. The molecule has 0 amide bonds. The van der Waals surface area contributed by atoms with E-state index in [2.05, 4.69) is 6.92 Å². The van der Waals surface area contributed by atoms with Gasteiger partial charge in [0.2, 0.25) is 0 Å². The van der Waals surface area contributed by atoms with Crippen LogP contribution < -0.4 is 0 Å². The molecule has 0 heterocycles. The van der Waals surface area contributed by atoms with Crippen LogP contribution in [0.2, 0.25) is 0 Å². The number of rotatable bonds is 19. The van der Waals surface area contributed by atoms with Gasteiger partial charge in [-0.25, -0.2) is 0 Å². The molecule has 168 valence electrons. The van der Waals surface area contributed by atoms with Gasteiger partial charge in [-0.3, -0.25) is 4.18 Å². The SMILES string of the molecule is CCCCCCCCCCCCCCCCc1ccccc1S(=O)(=O)OCCC. The minimum atomic E-state index is -3.62. The third kappa shape index (κ3) is 12.4. The average Bonchev–Trinajstić information content (AvgIpc) is 2.73. The Morgan fingerprint density at radius 3 is 1.66 bits per heavy atom. The Morgan fingerprint density at radius 1 is 0.655 bits per heavy atom. The molecule has 0 aromatic heterocycles. The molecule has 0 bridgehead atoms. The van der Waals surface area contributed by atoms with Gasteiger partial charge in [-0.2, -0.15) is 8.42 Å². The van der Waals surface area contributed by atoms with Crippen LogP contribution in [0.3, 0.4) is 0 Å². The summed E-state index contributed by atoms with van der Waals surface area (Å²) >= 11 is 0. The Labute approximate surface area is 180 Å². The van der Waals surface area contributed by atoms with Gasteiger partial charge in [0, 0.05) is 0 Å². The molecule has 1 aromatic carbocycles. The molecule has 29 heavy (non-hydrogen) atoms. The predicted octanol–water partition coefficient (Wildman–Crippen LogP) is 7.83. The number of aryl methyl sites for hydroxylation is 1. The first-order valence-corrected chi connectivity index (χ1v) is 13.5. The van der Waals surface area contributed by atoms with Crippen molar-refractivity contribution in [3.05, 3.63) is 29.8 Å². The van der Waals surface area contributed by atoms with Crippen LogP contribution in [-0.4, -0.2) is 15.0 Å². The molecule has 0 radical (unpaired) electrons. The maximum absolute atomic E-state index is 12.3. The summed E-state index contributed by atoms with van der Waals surface area (Å²) in [5, 5.41) is 0. The quantitative estimate of drug-likeness (QED) is 0.168. The molecule has 3 nitrogen and oxygen atoms in total. The van der Waals surface area contributed by atoms with Crippen LogP contribution >= 0.6 is 0 Å². The third-order valence-corrected chi connectivity index (χ3v) is 6.90. The maximum atomic E-state index is 12.3. The van der Waals surface area contributed by atoms with Crippen molar-refractivity contribution in [2.24, 2.45) is 0 Å². The summed E-state index contributed by atoms with van der Waals surface area (Å²) in [6.07, 6.45) is 20.1. The molecule has 0 fully saturated rings. The van der Waals surface area contributed by atoms with E-state index < -0.39 is 10.1 Å². The lowest BCUT2D eigenvalue weighted by Gasteiger charge is -2.10. The van der Waals surface area contributed by atoms with Gasteiger partial charge in [0.25, 0.3) is 10.1 Å². The zero-order chi connectivity index (χ0) is 21.2. The number of hydrogen-bond donors (Lipinski definition) is 0. The fraction of sp³-hybridized carbons (Fsp3) is 0.760. The van der Waals surface area contributed by atoms with E-state index in [-0.39, 0.29) is 6.61 Å². The van der Waals surface area contributed by atoms with E-state index in [1.54, 1.807) is 12.1 Å². The molecule has 0 aliphatic carbocycles. The van der Waals surface area contributed by atoms with Gasteiger partial charge in [-0.15, -0.1) is 0 Å². The van der Waals surface area contributed by atoms with Crippen LogP contribution in [0.4, 0.5) is 0 Å². The van der Waals surface area contributed by atoms with Crippen LogP contribution in [0.5, 0.6) is 0 Å². The molecule has 4 heteroatoms. The fourth-order valence-electron chi connectivity index (χ4n) is 3.72. The van der Waals surface area contributed by atoms with Crippen LogP contribution in [0.15, 0.2) is 29.2 Å². The first-order chi connectivity index (χ1) is 14.1. The van der Waals surface area contributed by atoms with E-state index in [0.717, 1.165) is 18.4 Å². The highest BCUT2D eigenvalue weighted by Gasteiger charge is 2.18. The molecule has 0 atom stereocenters. The zero-order valence-electron chi connectivity index (χ0n) is 19.0. The van der Waals surface area contributed by atoms with E-state index in [9.17, 15) is 8.42 Å². The van der Waals surface area contributed by atoms with E-state index in [1.165, 1.54) is 83.5 Å². The average molecular weight is 425 g/mol. The molecule has 0 aliphatic heterocycles. The molecular formula is C25H44O3S. The largest absolute Gasteiger partial charge is 0.297 e. The normalized spacial score (nSPS) is 11.8. The van der Waals surface area contributed by atoms with Gasteiger partial charge in [0.1, 0.15) is 0 Å². The monoisotopic (exact) mass is 424 g/mol. The molecule has 0 unspecified atom stereocenters. The van der Waals surface area contributed by atoms with E-state index in [1.807, 2.05) is 19.1 Å². The molecule has 0 aliphatic rings. The molecule has 0 N–H and O–H groups in total. The van der Waals surface area contributed by atoms with Gasteiger partial charge < -0.3 is 0 Å². The Hall–Kier alpha value is -0.870. The van der Waals surface area contributed by atoms with Crippen LogP contribution in [0.25, 0.3) is 0 Å². The second kappa shape index (κ2) is 16.9. The summed E-state index contributed by atoms with van der Waals surface area (Å²) in [5.74, 6) is 0. The molecular weight excluding hydrogens is 380 g/mol. The van der Waals surface area contributed by atoms with E-state index in [4.69, 9.17) is 4.18 Å². The van der Waals surface area contributed by atoms with Crippen LogP contribution in [0, 0.1) is 0 Å². The lowest BCUT2D eigenvalue weighted by atomic mass is 10.0. The second-order valence-electron chi connectivity index (χ2n) is 8.23. The van der Waals surface area contributed by atoms with Gasteiger partial charge in [0.15, 0.2) is 0 Å².